The van der Waals surface area contributed by atoms with E-state index in [0.717, 1.165) is 6.07 Å². The number of ether oxygens (including phenoxy) is 1. The van der Waals surface area contributed by atoms with Crippen LogP contribution in [0.4, 0.5) is 18.9 Å². The number of carbonyl (C=O) groups excluding carboxylic acids is 2. The first kappa shape index (κ1) is 21.3. The van der Waals surface area contributed by atoms with Gasteiger partial charge >= 0.3 is 12.1 Å². The molecule has 1 aliphatic heterocycles. The molecule has 1 amide bonds. The number of hydrogen-bond acceptors (Lipinski definition) is 5. The standard InChI is InChI=1S/C17H20ClF3N2O4/c1-10-16(26)22(9-12(24)8-15(25)27-2)5-6-23(10)11-3-4-13(14(18)7-11)17(19,20)21/h3-4,7,10,12,24H,5-6,8-9H2,1-2H3. The lowest BCUT2D eigenvalue weighted by molar-refractivity contribution is -0.145. The maximum absolute atomic E-state index is 12.8. The van der Waals surface area contributed by atoms with Crippen molar-refractivity contribution in [3.05, 3.63) is 28.8 Å². The largest absolute Gasteiger partial charge is 0.469 e. The summed E-state index contributed by atoms with van der Waals surface area (Å²) in [6.07, 6.45) is -5.83. The van der Waals surface area contributed by atoms with Crippen molar-refractivity contribution in [3.8, 4) is 0 Å². The number of benzene rings is 1. The molecule has 0 aromatic heterocycles. The Morgan fingerprint density at radius 2 is 2.07 bits per heavy atom. The van der Waals surface area contributed by atoms with Gasteiger partial charge in [-0.3, -0.25) is 9.59 Å². The van der Waals surface area contributed by atoms with Crippen molar-refractivity contribution < 1.29 is 32.6 Å². The van der Waals surface area contributed by atoms with Crippen molar-refractivity contribution in [2.75, 3.05) is 31.6 Å². The molecule has 10 heteroatoms. The number of aliphatic hydroxyl groups excluding tert-OH is 1. The van der Waals surface area contributed by atoms with Crippen LogP contribution in [-0.4, -0.2) is 60.8 Å². The molecule has 1 N–H and O–H groups in total. The minimum absolute atomic E-state index is 0.0279. The van der Waals surface area contributed by atoms with E-state index < -0.39 is 34.9 Å². The number of piperazine rings is 1. The first-order valence-corrected chi connectivity index (χ1v) is 8.59. The van der Waals surface area contributed by atoms with Gasteiger partial charge in [-0.05, 0) is 25.1 Å². The highest BCUT2D eigenvalue weighted by Gasteiger charge is 2.36. The Morgan fingerprint density at radius 3 is 2.63 bits per heavy atom. The lowest BCUT2D eigenvalue weighted by Gasteiger charge is -2.41. The van der Waals surface area contributed by atoms with Gasteiger partial charge in [0.1, 0.15) is 6.04 Å². The summed E-state index contributed by atoms with van der Waals surface area (Å²) >= 11 is 5.76. The fourth-order valence-electron chi connectivity index (χ4n) is 2.97. The molecule has 1 saturated heterocycles. The van der Waals surface area contributed by atoms with Crippen molar-refractivity contribution in [3.63, 3.8) is 0 Å². The summed E-state index contributed by atoms with van der Waals surface area (Å²) in [6.45, 7) is 2.19. The number of β-amino-alcohol motifs (C(OH)–C–C–N with tert-alkyl or cyclic N) is 1. The summed E-state index contributed by atoms with van der Waals surface area (Å²) < 4.78 is 43.0. The number of esters is 1. The van der Waals surface area contributed by atoms with E-state index in [-0.39, 0.29) is 25.4 Å². The fraction of sp³-hybridized carbons (Fsp3) is 0.529. The van der Waals surface area contributed by atoms with E-state index in [2.05, 4.69) is 4.74 Å². The number of alkyl halides is 3. The molecule has 0 spiro atoms. The van der Waals surface area contributed by atoms with Gasteiger partial charge in [-0.15, -0.1) is 0 Å². The summed E-state index contributed by atoms with van der Waals surface area (Å²) in [6, 6.07) is 2.70. The maximum atomic E-state index is 12.8. The Labute approximate surface area is 159 Å². The molecule has 1 aromatic rings. The first-order chi connectivity index (χ1) is 12.5. The number of halogens is 4. The van der Waals surface area contributed by atoms with E-state index in [9.17, 15) is 27.9 Å². The predicted octanol–water partition coefficient (Wildman–Crippen LogP) is 2.32. The van der Waals surface area contributed by atoms with Crippen LogP contribution in [0.3, 0.4) is 0 Å². The van der Waals surface area contributed by atoms with Crippen LogP contribution in [0.15, 0.2) is 18.2 Å². The molecule has 0 saturated carbocycles. The SMILES string of the molecule is COC(=O)CC(O)CN1CCN(c2ccc(C(F)(F)F)c(Cl)c2)C(C)C1=O. The molecule has 1 aromatic carbocycles. The highest BCUT2D eigenvalue weighted by Crippen LogP contribution is 2.37. The van der Waals surface area contributed by atoms with Crippen LogP contribution >= 0.6 is 11.6 Å². The summed E-state index contributed by atoms with van der Waals surface area (Å²) in [4.78, 5) is 26.8. The maximum Gasteiger partial charge on any atom is 0.417 e. The molecule has 0 bridgehead atoms. The van der Waals surface area contributed by atoms with Gasteiger partial charge in [0.2, 0.25) is 5.91 Å². The van der Waals surface area contributed by atoms with Crippen LogP contribution in [0.2, 0.25) is 5.02 Å². The number of amides is 1. The van der Waals surface area contributed by atoms with Crippen LogP contribution < -0.4 is 4.90 Å². The van der Waals surface area contributed by atoms with Gasteiger partial charge in [0.15, 0.2) is 0 Å². The van der Waals surface area contributed by atoms with E-state index in [4.69, 9.17) is 11.6 Å². The van der Waals surface area contributed by atoms with Gasteiger partial charge in [0, 0.05) is 25.3 Å². The number of aliphatic hydroxyl groups is 1. The first-order valence-electron chi connectivity index (χ1n) is 8.21. The van der Waals surface area contributed by atoms with E-state index in [1.807, 2.05) is 0 Å². The van der Waals surface area contributed by atoms with Gasteiger partial charge in [-0.25, -0.2) is 0 Å². The highest BCUT2D eigenvalue weighted by molar-refractivity contribution is 6.31. The summed E-state index contributed by atoms with van der Waals surface area (Å²) in [5, 5.41) is 9.47. The van der Waals surface area contributed by atoms with Gasteiger partial charge in [0.25, 0.3) is 0 Å². The molecule has 150 valence electrons. The van der Waals surface area contributed by atoms with E-state index in [1.54, 1.807) is 11.8 Å². The summed E-state index contributed by atoms with van der Waals surface area (Å²) in [7, 11) is 1.20. The smallest absolute Gasteiger partial charge is 0.417 e. The molecule has 2 rings (SSSR count). The molecule has 1 aliphatic rings. The monoisotopic (exact) mass is 408 g/mol. The summed E-state index contributed by atoms with van der Waals surface area (Å²) in [5.41, 5.74) is -0.528. The van der Waals surface area contributed by atoms with Crippen LogP contribution in [0, 0.1) is 0 Å². The number of hydrogen-bond donors (Lipinski definition) is 1. The molecule has 1 heterocycles. The number of carbonyl (C=O) groups is 2. The number of nitrogens with zero attached hydrogens (tertiary/aromatic N) is 2. The van der Waals surface area contributed by atoms with Crippen LogP contribution in [-0.2, 0) is 20.5 Å². The highest BCUT2D eigenvalue weighted by atomic mass is 35.5. The number of methoxy groups -OCH3 is 1. The van der Waals surface area contributed by atoms with Crippen molar-refractivity contribution in [1.82, 2.24) is 4.90 Å². The van der Waals surface area contributed by atoms with E-state index in [0.29, 0.717) is 12.2 Å². The molecule has 1 fully saturated rings. The molecule has 0 radical (unpaired) electrons. The summed E-state index contributed by atoms with van der Waals surface area (Å²) in [5.74, 6) is -0.887. The third kappa shape index (κ3) is 5.04. The fourth-order valence-corrected chi connectivity index (χ4v) is 3.25. The number of anilines is 1. The quantitative estimate of drug-likeness (QED) is 0.757. The lowest BCUT2D eigenvalue weighted by atomic mass is 10.1. The third-order valence-corrected chi connectivity index (χ3v) is 4.71. The Bertz CT molecular complexity index is 714. The molecule has 27 heavy (non-hydrogen) atoms. The molecule has 2 atom stereocenters. The van der Waals surface area contributed by atoms with Gasteiger partial charge in [-0.1, -0.05) is 11.6 Å². The Balaban J connectivity index is 2.08. The number of rotatable bonds is 5. The van der Waals surface area contributed by atoms with Crippen molar-refractivity contribution in [2.24, 2.45) is 0 Å². The van der Waals surface area contributed by atoms with Crippen molar-refractivity contribution in [1.29, 1.82) is 0 Å². The lowest BCUT2D eigenvalue weighted by Crippen LogP contribution is -2.57. The van der Waals surface area contributed by atoms with E-state index in [1.165, 1.54) is 24.1 Å². The second-order valence-corrected chi connectivity index (χ2v) is 6.66. The van der Waals surface area contributed by atoms with Crippen LogP contribution in [0.5, 0.6) is 0 Å². The minimum atomic E-state index is -4.55. The third-order valence-electron chi connectivity index (χ3n) is 4.40. The average Bonchev–Trinajstić information content (AvgIpc) is 2.57. The Kier molecular flexibility index (Phi) is 6.59. The molecule has 0 aliphatic carbocycles. The normalized spacial score (nSPS) is 19.2. The van der Waals surface area contributed by atoms with Gasteiger partial charge in [-0.2, -0.15) is 13.2 Å². The topological polar surface area (TPSA) is 70.1 Å². The predicted molar refractivity (Wildman–Crippen MR) is 92.5 cm³/mol. The molecular formula is C17H20ClF3N2O4. The Hall–Kier alpha value is -2.00. The second-order valence-electron chi connectivity index (χ2n) is 6.25. The Morgan fingerprint density at radius 1 is 1.41 bits per heavy atom. The molecule has 6 nitrogen and oxygen atoms in total. The second kappa shape index (κ2) is 8.35. The van der Waals surface area contributed by atoms with Gasteiger partial charge in [0.05, 0.1) is 30.2 Å². The van der Waals surface area contributed by atoms with Crippen LogP contribution in [0.25, 0.3) is 0 Å². The van der Waals surface area contributed by atoms with Gasteiger partial charge < -0.3 is 19.6 Å². The van der Waals surface area contributed by atoms with E-state index >= 15 is 0 Å². The zero-order valence-electron chi connectivity index (χ0n) is 14.8. The molecular weight excluding hydrogens is 389 g/mol. The van der Waals surface area contributed by atoms with Crippen molar-refractivity contribution >= 4 is 29.2 Å². The van der Waals surface area contributed by atoms with Crippen molar-refractivity contribution in [2.45, 2.75) is 31.7 Å². The average molecular weight is 409 g/mol. The zero-order chi connectivity index (χ0) is 20.4. The van der Waals surface area contributed by atoms with Crippen LogP contribution in [0.1, 0.15) is 18.9 Å². The minimum Gasteiger partial charge on any atom is -0.469 e. The molecule has 2 unspecified atom stereocenters. The zero-order valence-corrected chi connectivity index (χ0v) is 15.5.